The number of benzene rings is 1. The monoisotopic (exact) mass is 152 g/mol. The van der Waals surface area contributed by atoms with Crippen molar-refractivity contribution in [2.24, 2.45) is 0 Å². The molecule has 0 fully saturated rings. The summed E-state index contributed by atoms with van der Waals surface area (Å²) in [6, 6.07) is 7.18. The largest absolute Gasteiger partial charge is 0.507 e. The van der Waals surface area contributed by atoms with E-state index in [1.54, 1.807) is 17.5 Å². The number of para-hydroxylation sites is 1. The van der Waals surface area contributed by atoms with Crippen LogP contribution in [-0.2, 0) is 0 Å². The summed E-state index contributed by atoms with van der Waals surface area (Å²) in [5.41, 5.74) is 0. The van der Waals surface area contributed by atoms with Gasteiger partial charge in [0.2, 0.25) is 0 Å². The molecular weight excluding hydrogens is 144 g/mol. The highest BCUT2D eigenvalue weighted by atomic mass is 32.2. The molecule has 52 valence electrons. The average Bonchev–Trinajstić information content (AvgIpc) is 1.94. The lowest BCUT2D eigenvalue weighted by Crippen LogP contribution is -1.68. The zero-order valence-corrected chi connectivity index (χ0v) is 6.27. The number of aromatic hydroxyl groups is 1. The van der Waals surface area contributed by atoms with Crippen molar-refractivity contribution in [2.75, 3.05) is 0 Å². The predicted octanol–water partition coefficient (Wildman–Crippen LogP) is 2.63. The van der Waals surface area contributed by atoms with Gasteiger partial charge in [-0.05, 0) is 17.5 Å². The van der Waals surface area contributed by atoms with Gasteiger partial charge >= 0.3 is 0 Å². The minimum absolute atomic E-state index is 0.312. The van der Waals surface area contributed by atoms with Crippen LogP contribution in [0.2, 0.25) is 0 Å². The molecule has 0 radical (unpaired) electrons. The van der Waals surface area contributed by atoms with Crippen molar-refractivity contribution >= 4 is 11.8 Å². The molecule has 0 aromatic heterocycles. The topological polar surface area (TPSA) is 20.2 Å². The number of phenolic OH excluding ortho intramolecular Hbond substituents is 1. The van der Waals surface area contributed by atoms with Gasteiger partial charge in [0.15, 0.2) is 0 Å². The first-order valence-corrected chi connectivity index (χ1v) is 3.78. The Morgan fingerprint density at radius 3 is 2.70 bits per heavy atom. The Kier molecular flexibility index (Phi) is 2.40. The van der Waals surface area contributed by atoms with Crippen LogP contribution in [0.4, 0.5) is 0 Å². The Balaban J connectivity index is 2.91. The second-order valence-corrected chi connectivity index (χ2v) is 2.76. The maximum absolute atomic E-state index is 9.17. The molecule has 0 aliphatic rings. The smallest absolute Gasteiger partial charge is 0.129 e. The highest BCUT2D eigenvalue weighted by molar-refractivity contribution is 8.02. The van der Waals surface area contributed by atoms with Gasteiger partial charge in [-0.1, -0.05) is 30.5 Å². The van der Waals surface area contributed by atoms with Gasteiger partial charge < -0.3 is 5.11 Å². The highest BCUT2D eigenvalue weighted by Gasteiger charge is 1.94. The first-order chi connectivity index (χ1) is 4.84. The third-order valence-electron chi connectivity index (χ3n) is 1.08. The number of hydrogen-bond donors (Lipinski definition) is 1. The predicted molar refractivity (Wildman–Crippen MR) is 44.2 cm³/mol. The van der Waals surface area contributed by atoms with Gasteiger partial charge in [0, 0.05) is 0 Å². The van der Waals surface area contributed by atoms with Gasteiger partial charge in [0.05, 0.1) is 4.90 Å². The molecule has 0 unspecified atom stereocenters. The molecule has 0 spiro atoms. The molecule has 1 aromatic carbocycles. The van der Waals surface area contributed by atoms with Crippen molar-refractivity contribution < 1.29 is 5.11 Å². The highest BCUT2D eigenvalue weighted by Crippen LogP contribution is 2.27. The van der Waals surface area contributed by atoms with Crippen LogP contribution in [0.25, 0.3) is 0 Å². The van der Waals surface area contributed by atoms with Gasteiger partial charge in [-0.2, -0.15) is 0 Å². The summed E-state index contributed by atoms with van der Waals surface area (Å²) in [5.74, 6) is 0.312. The van der Waals surface area contributed by atoms with Crippen molar-refractivity contribution in [3.63, 3.8) is 0 Å². The second-order valence-electron chi connectivity index (χ2n) is 1.75. The maximum Gasteiger partial charge on any atom is 0.129 e. The van der Waals surface area contributed by atoms with Crippen LogP contribution in [0, 0.1) is 0 Å². The second kappa shape index (κ2) is 3.32. The molecule has 1 nitrogen and oxygen atoms in total. The van der Waals surface area contributed by atoms with E-state index in [0.717, 1.165) is 4.90 Å². The van der Waals surface area contributed by atoms with E-state index in [1.165, 1.54) is 11.8 Å². The molecule has 0 saturated carbocycles. The molecule has 0 aliphatic carbocycles. The molecule has 0 aliphatic heterocycles. The average molecular weight is 152 g/mol. The van der Waals surface area contributed by atoms with Crippen LogP contribution in [0.5, 0.6) is 5.75 Å². The Morgan fingerprint density at radius 2 is 2.10 bits per heavy atom. The molecule has 0 heterocycles. The molecule has 0 amide bonds. The normalized spacial score (nSPS) is 9.20. The Labute approximate surface area is 64.4 Å². The Bertz CT molecular complexity index is 232. The SMILES string of the molecule is C=CSc1ccccc1O. The van der Waals surface area contributed by atoms with E-state index in [4.69, 9.17) is 0 Å². The molecule has 0 saturated heterocycles. The third-order valence-corrected chi connectivity index (χ3v) is 1.84. The number of rotatable bonds is 2. The molecule has 1 N–H and O–H groups in total. The number of phenols is 1. The number of thioether (sulfide) groups is 1. The lowest BCUT2D eigenvalue weighted by atomic mass is 10.3. The van der Waals surface area contributed by atoms with Crippen molar-refractivity contribution in [1.82, 2.24) is 0 Å². The minimum atomic E-state index is 0.312. The van der Waals surface area contributed by atoms with Gasteiger partial charge in [-0.3, -0.25) is 0 Å². The summed E-state index contributed by atoms with van der Waals surface area (Å²) in [4.78, 5) is 0.845. The standard InChI is InChI=1S/C8H8OS/c1-2-10-8-6-4-3-5-7(8)9/h2-6,9H,1H2. The van der Waals surface area contributed by atoms with E-state index in [2.05, 4.69) is 6.58 Å². The molecule has 2 heteroatoms. The van der Waals surface area contributed by atoms with E-state index in [9.17, 15) is 5.11 Å². The first-order valence-electron chi connectivity index (χ1n) is 2.90. The summed E-state index contributed by atoms with van der Waals surface area (Å²) in [7, 11) is 0. The summed E-state index contributed by atoms with van der Waals surface area (Å²) < 4.78 is 0. The molecule has 10 heavy (non-hydrogen) atoms. The van der Waals surface area contributed by atoms with Crippen molar-refractivity contribution in [1.29, 1.82) is 0 Å². The van der Waals surface area contributed by atoms with E-state index in [1.807, 2.05) is 12.1 Å². The van der Waals surface area contributed by atoms with Gasteiger partial charge in [-0.25, -0.2) is 0 Å². The quantitative estimate of drug-likeness (QED) is 0.657. The van der Waals surface area contributed by atoms with Crippen LogP contribution in [-0.4, -0.2) is 5.11 Å². The Hall–Kier alpha value is -0.890. The fraction of sp³-hybridized carbons (Fsp3) is 0. The fourth-order valence-corrected chi connectivity index (χ4v) is 1.17. The third kappa shape index (κ3) is 1.54. The number of hydrogen-bond acceptors (Lipinski definition) is 2. The van der Waals surface area contributed by atoms with Crippen LogP contribution in [0.15, 0.2) is 41.1 Å². The zero-order valence-electron chi connectivity index (χ0n) is 5.45. The summed E-state index contributed by atoms with van der Waals surface area (Å²) in [6.45, 7) is 3.55. The van der Waals surface area contributed by atoms with Crippen molar-refractivity contribution in [3.05, 3.63) is 36.3 Å². The van der Waals surface area contributed by atoms with Crippen LogP contribution < -0.4 is 0 Å². The van der Waals surface area contributed by atoms with Crippen molar-refractivity contribution in [3.8, 4) is 5.75 Å². The van der Waals surface area contributed by atoms with Crippen molar-refractivity contribution in [2.45, 2.75) is 4.90 Å². The summed E-state index contributed by atoms with van der Waals surface area (Å²) in [5, 5.41) is 10.9. The van der Waals surface area contributed by atoms with Gasteiger partial charge in [0.25, 0.3) is 0 Å². The van der Waals surface area contributed by atoms with Crippen LogP contribution in [0.3, 0.4) is 0 Å². The van der Waals surface area contributed by atoms with E-state index in [-0.39, 0.29) is 0 Å². The molecule has 0 bridgehead atoms. The zero-order chi connectivity index (χ0) is 7.40. The summed E-state index contributed by atoms with van der Waals surface area (Å²) in [6.07, 6.45) is 0. The lowest BCUT2D eigenvalue weighted by Gasteiger charge is -1.97. The van der Waals surface area contributed by atoms with Gasteiger partial charge in [0.1, 0.15) is 5.75 Å². The first kappa shape index (κ1) is 7.22. The van der Waals surface area contributed by atoms with E-state index in [0.29, 0.717) is 5.75 Å². The van der Waals surface area contributed by atoms with E-state index < -0.39 is 0 Å². The van der Waals surface area contributed by atoms with Crippen LogP contribution in [0.1, 0.15) is 0 Å². The lowest BCUT2D eigenvalue weighted by molar-refractivity contribution is 0.462. The molecular formula is C8H8OS. The van der Waals surface area contributed by atoms with E-state index >= 15 is 0 Å². The summed E-state index contributed by atoms with van der Waals surface area (Å²) >= 11 is 1.42. The fourth-order valence-electron chi connectivity index (χ4n) is 0.647. The molecule has 0 atom stereocenters. The maximum atomic E-state index is 9.17. The van der Waals surface area contributed by atoms with Crippen LogP contribution >= 0.6 is 11.8 Å². The van der Waals surface area contributed by atoms with Gasteiger partial charge in [-0.15, -0.1) is 0 Å². The molecule has 1 rings (SSSR count). The molecule has 1 aromatic rings. The minimum Gasteiger partial charge on any atom is -0.507 e. The Morgan fingerprint density at radius 1 is 1.40 bits per heavy atom.